The standard InChI is InChI=1S/C6H9N3O/c1-9-3-4-2-5(7)10-6(4)8/h2H,1,3,7-8H2. The summed E-state index contributed by atoms with van der Waals surface area (Å²) in [6.45, 7) is 3.77. The molecule has 54 valence electrons. The van der Waals surface area contributed by atoms with Crippen molar-refractivity contribution < 1.29 is 4.42 Å². The van der Waals surface area contributed by atoms with E-state index < -0.39 is 0 Å². The van der Waals surface area contributed by atoms with Gasteiger partial charge >= 0.3 is 0 Å². The van der Waals surface area contributed by atoms with E-state index in [1.807, 2.05) is 0 Å². The Morgan fingerprint density at radius 1 is 1.60 bits per heavy atom. The Hall–Kier alpha value is -1.45. The molecule has 4 N–H and O–H groups in total. The molecule has 10 heavy (non-hydrogen) atoms. The third kappa shape index (κ3) is 1.10. The first-order chi connectivity index (χ1) is 4.74. The lowest BCUT2D eigenvalue weighted by molar-refractivity contribution is 0.605. The second kappa shape index (κ2) is 2.43. The van der Waals surface area contributed by atoms with E-state index in [1.165, 1.54) is 0 Å². The Morgan fingerprint density at radius 2 is 2.30 bits per heavy atom. The number of aliphatic imine (C=N–C) groups is 1. The highest BCUT2D eigenvalue weighted by Gasteiger charge is 2.02. The molecule has 0 saturated carbocycles. The van der Waals surface area contributed by atoms with Crippen molar-refractivity contribution in [2.45, 2.75) is 6.54 Å². The number of nitrogens with two attached hydrogens (primary N) is 2. The van der Waals surface area contributed by atoms with Crippen molar-refractivity contribution in [3.05, 3.63) is 11.6 Å². The average Bonchev–Trinajstić information content (AvgIpc) is 2.13. The van der Waals surface area contributed by atoms with Gasteiger partial charge in [-0.25, -0.2) is 0 Å². The molecule has 1 heterocycles. The number of nitrogen functional groups attached to an aromatic ring is 2. The fraction of sp³-hybridized carbons (Fsp3) is 0.167. The van der Waals surface area contributed by atoms with Crippen LogP contribution in [0.15, 0.2) is 15.5 Å². The fourth-order valence-corrected chi connectivity index (χ4v) is 0.709. The van der Waals surface area contributed by atoms with Gasteiger partial charge in [0.05, 0.1) is 6.54 Å². The highest BCUT2D eigenvalue weighted by atomic mass is 16.4. The zero-order valence-electron chi connectivity index (χ0n) is 5.50. The first-order valence-electron chi connectivity index (χ1n) is 2.80. The van der Waals surface area contributed by atoms with Gasteiger partial charge in [-0.1, -0.05) is 0 Å². The molecule has 0 aliphatic carbocycles. The lowest BCUT2D eigenvalue weighted by atomic mass is 10.3. The molecule has 0 spiro atoms. The topological polar surface area (TPSA) is 77.5 Å². The maximum atomic E-state index is 5.39. The zero-order chi connectivity index (χ0) is 7.56. The molecule has 0 bridgehead atoms. The lowest BCUT2D eigenvalue weighted by Gasteiger charge is -1.87. The van der Waals surface area contributed by atoms with Crippen LogP contribution in [0.25, 0.3) is 0 Å². The summed E-state index contributed by atoms with van der Waals surface area (Å²) in [7, 11) is 0. The largest absolute Gasteiger partial charge is 0.426 e. The quantitative estimate of drug-likeness (QED) is 0.590. The van der Waals surface area contributed by atoms with Gasteiger partial charge in [0.2, 0.25) is 0 Å². The summed E-state index contributed by atoms with van der Waals surface area (Å²) in [5.74, 6) is 0.640. The van der Waals surface area contributed by atoms with Crippen molar-refractivity contribution in [1.82, 2.24) is 0 Å². The van der Waals surface area contributed by atoms with Crippen LogP contribution in [0.3, 0.4) is 0 Å². The molecule has 0 atom stereocenters. The second-order valence-corrected chi connectivity index (χ2v) is 1.92. The van der Waals surface area contributed by atoms with E-state index in [0.29, 0.717) is 18.3 Å². The normalized spacial score (nSPS) is 9.60. The monoisotopic (exact) mass is 139 g/mol. The van der Waals surface area contributed by atoms with E-state index >= 15 is 0 Å². The minimum atomic E-state index is 0.316. The molecule has 0 saturated heterocycles. The fourth-order valence-electron chi connectivity index (χ4n) is 0.709. The summed E-state index contributed by atoms with van der Waals surface area (Å²) in [5, 5.41) is 0. The second-order valence-electron chi connectivity index (χ2n) is 1.92. The zero-order valence-corrected chi connectivity index (χ0v) is 5.50. The van der Waals surface area contributed by atoms with Crippen LogP contribution < -0.4 is 11.5 Å². The van der Waals surface area contributed by atoms with Gasteiger partial charge in [-0.3, -0.25) is 4.99 Å². The van der Waals surface area contributed by atoms with Crippen molar-refractivity contribution in [3.63, 3.8) is 0 Å². The predicted molar refractivity (Wildman–Crippen MR) is 40.8 cm³/mol. The molecule has 1 rings (SSSR count). The van der Waals surface area contributed by atoms with Gasteiger partial charge in [-0.15, -0.1) is 0 Å². The maximum Gasteiger partial charge on any atom is 0.198 e. The van der Waals surface area contributed by atoms with Crippen molar-refractivity contribution in [2.24, 2.45) is 4.99 Å². The van der Waals surface area contributed by atoms with Crippen molar-refractivity contribution in [2.75, 3.05) is 11.5 Å². The Morgan fingerprint density at radius 3 is 2.70 bits per heavy atom. The van der Waals surface area contributed by atoms with Gasteiger partial charge < -0.3 is 15.9 Å². The Labute approximate surface area is 58.5 Å². The molecule has 0 unspecified atom stereocenters. The molecule has 0 radical (unpaired) electrons. The highest BCUT2D eigenvalue weighted by molar-refractivity contribution is 5.45. The Kier molecular flexibility index (Phi) is 1.62. The first kappa shape index (κ1) is 6.67. The minimum absolute atomic E-state index is 0.316. The van der Waals surface area contributed by atoms with Crippen LogP contribution in [0, 0.1) is 0 Å². The molecule has 4 heteroatoms. The molecule has 0 fully saturated rings. The third-order valence-corrected chi connectivity index (χ3v) is 1.14. The summed E-state index contributed by atoms with van der Waals surface area (Å²) in [6, 6.07) is 1.64. The van der Waals surface area contributed by atoms with Gasteiger partial charge in [-0.2, -0.15) is 0 Å². The molecule has 0 aliphatic heterocycles. The first-order valence-corrected chi connectivity index (χ1v) is 2.80. The van der Waals surface area contributed by atoms with Gasteiger partial charge in [0, 0.05) is 11.6 Å². The SMILES string of the molecule is C=NCc1cc(N)oc1N. The number of hydrogen-bond acceptors (Lipinski definition) is 4. The number of nitrogens with zero attached hydrogens (tertiary/aromatic N) is 1. The van der Waals surface area contributed by atoms with Gasteiger partial charge in [0.1, 0.15) is 0 Å². The van der Waals surface area contributed by atoms with Gasteiger partial charge in [0.15, 0.2) is 11.8 Å². The Bertz CT molecular complexity index is 241. The van der Waals surface area contributed by atoms with Crippen LogP contribution in [0.4, 0.5) is 11.8 Å². The van der Waals surface area contributed by atoms with E-state index in [4.69, 9.17) is 15.9 Å². The predicted octanol–water partition coefficient (Wildman–Crippen LogP) is 0.645. The van der Waals surface area contributed by atoms with Crippen LogP contribution in [0.1, 0.15) is 5.56 Å². The van der Waals surface area contributed by atoms with Crippen LogP contribution in [0.2, 0.25) is 0 Å². The van der Waals surface area contributed by atoms with Crippen LogP contribution >= 0.6 is 0 Å². The summed E-state index contributed by atoms with van der Waals surface area (Å²) >= 11 is 0. The molecule has 0 aromatic carbocycles. The van der Waals surface area contributed by atoms with Gasteiger partial charge in [-0.05, 0) is 6.72 Å². The lowest BCUT2D eigenvalue weighted by Crippen LogP contribution is -1.86. The molecular weight excluding hydrogens is 130 g/mol. The number of anilines is 2. The molecule has 4 nitrogen and oxygen atoms in total. The molecular formula is C6H9N3O. The van der Waals surface area contributed by atoms with Crippen LogP contribution in [0.5, 0.6) is 0 Å². The van der Waals surface area contributed by atoms with Crippen LogP contribution in [-0.4, -0.2) is 6.72 Å². The molecule has 0 aliphatic rings. The van der Waals surface area contributed by atoms with Crippen molar-refractivity contribution in [1.29, 1.82) is 0 Å². The van der Waals surface area contributed by atoms with E-state index in [9.17, 15) is 0 Å². The van der Waals surface area contributed by atoms with E-state index in [2.05, 4.69) is 11.7 Å². The smallest absolute Gasteiger partial charge is 0.198 e. The maximum absolute atomic E-state index is 5.39. The summed E-state index contributed by atoms with van der Waals surface area (Å²) in [6.07, 6.45) is 0. The molecule has 1 aromatic rings. The molecule has 0 amide bonds. The summed E-state index contributed by atoms with van der Waals surface area (Å²) < 4.78 is 4.83. The average molecular weight is 139 g/mol. The number of furan rings is 1. The minimum Gasteiger partial charge on any atom is -0.426 e. The third-order valence-electron chi connectivity index (χ3n) is 1.14. The van der Waals surface area contributed by atoms with Crippen molar-refractivity contribution >= 4 is 18.5 Å². The van der Waals surface area contributed by atoms with E-state index in [-0.39, 0.29) is 0 Å². The Balaban J connectivity index is 2.91. The van der Waals surface area contributed by atoms with Gasteiger partial charge in [0.25, 0.3) is 0 Å². The van der Waals surface area contributed by atoms with E-state index in [1.54, 1.807) is 6.07 Å². The van der Waals surface area contributed by atoms with Crippen LogP contribution in [-0.2, 0) is 6.54 Å². The summed E-state index contributed by atoms with van der Waals surface area (Å²) in [4.78, 5) is 3.63. The summed E-state index contributed by atoms with van der Waals surface area (Å²) in [5.41, 5.74) is 11.5. The van der Waals surface area contributed by atoms with Crippen molar-refractivity contribution in [3.8, 4) is 0 Å². The van der Waals surface area contributed by atoms with E-state index in [0.717, 1.165) is 5.56 Å². The number of rotatable bonds is 2. The highest BCUT2D eigenvalue weighted by Crippen LogP contribution is 2.19. The molecule has 1 aromatic heterocycles. The number of hydrogen-bond donors (Lipinski definition) is 2.